The van der Waals surface area contributed by atoms with Crippen LogP contribution in [0.25, 0.3) is 0 Å². The fourth-order valence-electron chi connectivity index (χ4n) is 2.47. The summed E-state index contributed by atoms with van der Waals surface area (Å²) in [4.78, 5) is 22.5. The predicted octanol–water partition coefficient (Wildman–Crippen LogP) is 3.59. The standard InChI is InChI=1S/C17H23NO5/c1-12(16-22-10-17(2,3)11-23-16)7-8-15(19)13-5-4-6-14(9-13)18(20)21/h4-6,9,12,16H,7-8,10-11H2,1-3H3/t12-/m1/s1. The summed E-state index contributed by atoms with van der Waals surface area (Å²) in [6, 6.07) is 5.84. The molecule has 0 radical (unpaired) electrons. The van der Waals surface area contributed by atoms with Crippen molar-refractivity contribution in [3.63, 3.8) is 0 Å². The van der Waals surface area contributed by atoms with Crippen molar-refractivity contribution in [1.82, 2.24) is 0 Å². The minimum Gasteiger partial charge on any atom is -0.352 e. The van der Waals surface area contributed by atoms with Crippen molar-refractivity contribution in [3.05, 3.63) is 39.9 Å². The number of carbonyl (C=O) groups excluding carboxylic acids is 1. The second-order valence-corrected chi connectivity index (χ2v) is 6.90. The van der Waals surface area contributed by atoms with Gasteiger partial charge in [0.1, 0.15) is 0 Å². The Morgan fingerprint density at radius 2 is 2.04 bits per heavy atom. The van der Waals surface area contributed by atoms with Gasteiger partial charge in [0.15, 0.2) is 12.1 Å². The van der Waals surface area contributed by atoms with E-state index in [0.29, 0.717) is 31.6 Å². The SMILES string of the molecule is C[C@H](CCC(=O)c1cccc([N+](=O)[O-])c1)C1OCC(C)(C)CO1. The predicted molar refractivity (Wildman–Crippen MR) is 85.3 cm³/mol. The third-order valence-electron chi connectivity index (χ3n) is 3.95. The van der Waals surface area contributed by atoms with Crippen molar-refractivity contribution in [2.45, 2.75) is 39.9 Å². The smallest absolute Gasteiger partial charge is 0.270 e. The molecule has 126 valence electrons. The van der Waals surface area contributed by atoms with Crippen LogP contribution in [0.3, 0.4) is 0 Å². The average molecular weight is 321 g/mol. The summed E-state index contributed by atoms with van der Waals surface area (Å²) in [6.45, 7) is 7.44. The molecule has 1 atom stereocenters. The summed E-state index contributed by atoms with van der Waals surface area (Å²) in [7, 11) is 0. The van der Waals surface area contributed by atoms with Gasteiger partial charge in [-0.15, -0.1) is 0 Å². The van der Waals surface area contributed by atoms with E-state index in [0.717, 1.165) is 0 Å². The summed E-state index contributed by atoms with van der Waals surface area (Å²) >= 11 is 0. The molecule has 0 aromatic heterocycles. The average Bonchev–Trinajstić information content (AvgIpc) is 2.52. The number of hydrogen-bond donors (Lipinski definition) is 0. The number of nitrogens with zero attached hydrogens (tertiary/aromatic N) is 1. The molecule has 1 fully saturated rings. The summed E-state index contributed by atoms with van der Waals surface area (Å²) in [5.41, 5.74) is 0.331. The Balaban J connectivity index is 1.87. The lowest BCUT2D eigenvalue weighted by molar-refractivity contribution is -0.384. The molecule has 1 aromatic carbocycles. The molecule has 2 rings (SSSR count). The number of hydrogen-bond acceptors (Lipinski definition) is 5. The van der Waals surface area contributed by atoms with Gasteiger partial charge in [0.05, 0.1) is 18.1 Å². The van der Waals surface area contributed by atoms with Crippen molar-refractivity contribution < 1.29 is 19.2 Å². The van der Waals surface area contributed by atoms with Crippen molar-refractivity contribution in [2.75, 3.05) is 13.2 Å². The number of nitro groups is 1. The van der Waals surface area contributed by atoms with Crippen molar-refractivity contribution in [3.8, 4) is 0 Å². The zero-order valence-electron chi connectivity index (χ0n) is 13.8. The molecule has 1 aliphatic heterocycles. The van der Waals surface area contributed by atoms with Gasteiger partial charge >= 0.3 is 0 Å². The van der Waals surface area contributed by atoms with Gasteiger partial charge in [-0.2, -0.15) is 0 Å². The zero-order valence-corrected chi connectivity index (χ0v) is 13.8. The zero-order chi connectivity index (χ0) is 17.0. The second kappa shape index (κ2) is 7.19. The van der Waals surface area contributed by atoms with Crippen LogP contribution in [-0.4, -0.2) is 30.2 Å². The topological polar surface area (TPSA) is 78.7 Å². The van der Waals surface area contributed by atoms with Gasteiger partial charge in [0.25, 0.3) is 5.69 Å². The summed E-state index contributed by atoms with van der Waals surface area (Å²) in [6.07, 6.45) is 0.641. The molecule has 23 heavy (non-hydrogen) atoms. The third kappa shape index (κ3) is 4.84. The molecule has 0 N–H and O–H groups in total. The number of benzene rings is 1. The summed E-state index contributed by atoms with van der Waals surface area (Å²) in [5, 5.41) is 10.8. The number of Topliss-reactive ketones (excluding diaryl/α,β-unsaturated/α-hetero) is 1. The Labute approximate surface area is 135 Å². The molecule has 1 saturated heterocycles. The first-order valence-corrected chi connectivity index (χ1v) is 7.79. The fraction of sp³-hybridized carbons (Fsp3) is 0.588. The summed E-state index contributed by atoms with van der Waals surface area (Å²) < 4.78 is 11.4. The number of rotatable bonds is 6. The maximum Gasteiger partial charge on any atom is 0.270 e. The van der Waals surface area contributed by atoms with Gasteiger partial charge < -0.3 is 9.47 Å². The van der Waals surface area contributed by atoms with Crippen LogP contribution in [0, 0.1) is 21.4 Å². The lowest BCUT2D eigenvalue weighted by atomic mass is 9.94. The third-order valence-corrected chi connectivity index (χ3v) is 3.95. The fourth-order valence-corrected chi connectivity index (χ4v) is 2.47. The van der Waals surface area contributed by atoms with E-state index in [1.165, 1.54) is 18.2 Å². The molecule has 1 heterocycles. The largest absolute Gasteiger partial charge is 0.352 e. The molecule has 0 unspecified atom stereocenters. The molecule has 0 saturated carbocycles. The van der Waals surface area contributed by atoms with Crippen molar-refractivity contribution >= 4 is 11.5 Å². The van der Waals surface area contributed by atoms with Crippen LogP contribution in [-0.2, 0) is 9.47 Å². The van der Waals surface area contributed by atoms with E-state index in [4.69, 9.17) is 9.47 Å². The minimum atomic E-state index is -0.495. The van der Waals surface area contributed by atoms with Gasteiger partial charge in [-0.1, -0.05) is 32.9 Å². The van der Waals surface area contributed by atoms with E-state index in [1.807, 2.05) is 6.92 Å². The molecule has 0 spiro atoms. The molecule has 6 heteroatoms. The van der Waals surface area contributed by atoms with Gasteiger partial charge in [0, 0.05) is 35.4 Å². The van der Waals surface area contributed by atoms with Crippen LogP contribution in [0.4, 0.5) is 5.69 Å². The molecule has 0 aliphatic carbocycles. The highest BCUT2D eigenvalue weighted by atomic mass is 16.7. The van der Waals surface area contributed by atoms with E-state index in [2.05, 4.69) is 13.8 Å². The Kier molecular flexibility index (Phi) is 5.49. The van der Waals surface area contributed by atoms with E-state index in [1.54, 1.807) is 6.07 Å². The quantitative estimate of drug-likeness (QED) is 0.454. The molecular formula is C17H23NO5. The molecule has 0 amide bonds. The van der Waals surface area contributed by atoms with E-state index < -0.39 is 4.92 Å². The Hall–Kier alpha value is -1.79. The highest BCUT2D eigenvalue weighted by molar-refractivity contribution is 5.96. The highest BCUT2D eigenvalue weighted by Gasteiger charge is 2.31. The van der Waals surface area contributed by atoms with Crippen LogP contribution in [0.15, 0.2) is 24.3 Å². The molecule has 1 aromatic rings. The van der Waals surface area contributed by atoms with E-state index >= 15 is 0 Å². The van der Waals surface area contributed by atoms with Gasteiger partial charge in [0.2, 0.25) is 0 Å². The number of ether oxygens (including phenoxy) is 2. The lowest BCUT2D eigenvalue weighted by Gasteiger charge is -2.37. The molecule has 6 nitrogen and oxygen atoms in total. The van der Waals surface area contributed by atoms with Gasteiger partial charge in [-0.3, -0.25) is 14.9 Å². The first kappa shape index (κ1) is 17.6. The highest BCUT2D eigenvalue weighted by Crippen LogP contribution is 2.28. The maximum absolute atomic E-state index is 12.2. The monoisotopic (exact) mass is 321 g/mol. The molecule has 0 bridgehead atoms. The number of ketones is 1. The minimum absolute atomic E-state index is 0.0228. The number of non-ortho nitro benzene ring substituents is 1. The Morgan fingerprint density at radius 1 is 1.39 bits per heavy atom. The Bertz CT molecular complexity index is 574. The first-order chi connectivity index (χ1) is 10.8. The summed E-state index contributed by atoms with van der Waals surface area (Å²) in [5.74, 6) is -0.00885. The van der Waals surface area contributed by atoms with E-state index in [9.17, 15) is 14.9 Å². The lowest BCUT2D eigenvalue weighted by Crippen LogP contribution is -2.40. The first-order valence-electron chi connectivity index (χ1n) is 7.79. The molecular weight excluding hydrogens is 298 g/mol. The maximum atomic E-state index is 12.2. The van der Waals surface area contributed by atoms with Crippen LogP contribution in [0.2, 0.25) is 0 Å². The van der Waals surface area contributed by atoms with Crippen molar-refractivity contribution in [2.24, 2.45) is 11.3 Å². The van der Waals surface area contributed by atoms with Crippen molar-refractivity contribution in [1.29, 1.82) is 0 Å². The number of nitro benzene ring substituents is 1. The normalized spacial score (nSPS) is 19.3. The van der Waals surface area contributed by atoms with Crippen LogP contribution in [0.5, 0.6) is 0 Å². The number of carbonyl (C=O) groups is 1. The van der Waals surface area contributed by atoms with Crippen LogP contribution >= 0.6 is 0 Å². The van der Waals surface area contributed by atoms with E-state index in [-0.39, 0.29) is 29.1 Å². The Morgan fingerprint density at radius 3 is 2.65 bits per heavy atom. The van der Waals surface area contributed by atoms with Gasteiger partial charge in [-0.05, 0) is 6.42 Å². The van der Waals surface area contributed by atoms with Gasteiger partial charge in [-0.25, -0.2) is 0 Å². The second-order valence-electron chi connectivity index (χ2n) is 6.90. The molecule has 1 aliphatic rings. The van der Waals surface area contributed by atoms with Crippen LogP contribution < -0.4 is 0 Å². The van der Waals surface area contributed by atoms with Crippen LogP contribution in [0.1, 0.15) is 44.0 Å².